The molecule has 0 aromatic heterocycles. The van der Waals surface area contributed by atoms with E-state index in [0.717, 1.165) is 34.1 Å². The Bertz CT molecular complexity index is 1240. The minimum absolute atomic E-state index is 0.203. The number of hydrogen-bond donors (Lipinski definition) is 1. The molecule has 3 amide bonds. The van der Waals surface area contributed by atoms with Gasteiger partial charge in [0.15, 0.2) is 16.7 Å². The zero-order valence-electron chi connectivity index (χ0n) is 19.9. The van der Waals surface area contributed by atoms with E-state index in [-0.39, 0.29) is 23.5 Å². The van der Waals surface area contributed by atoms with Crippen LogP contribution in [0.4, 0.5) is 5.69 Å². The zero-order chi connectivity index (χ0) is 24.8. The Labute approximate surface area is 202 Å². The van der Waals surface area contributed by atoms with E-state index in [1.165, 1.54) is 18.9 Å². The van der Waals surface area contributed by atoms with Gasteiger partial charge in [0.05, 0.1) is 26.5 Å². The van der Waals surface area contributed by atoms with Crippen LogP contribution in [0, 0.1) is 13.8 Å². The number of nitrogens with zero attached hydrogens (tertiary/aromatic N) is 3. The number of amides is 3. The number of hydrogen-bond acceptors (Lipinski definition) is 7. The molecule has 0 saturated carbocycles. The van der Waals surface area contributed by atoms with E-state index in [1.54, 1.807) is 25.2 Å². The van der Waals surface area contributed by atoms with Crippen LogP contribution < -0.4 is 19.7 Å². The largest absolute Gasteiger partial charge is 0.493 e. The maximum atomic E-state index is 14.1. The standard InChI is InChI=1S/C24H26N4O5S/c1-13-9-14(2)21-18(10-13)24(28(16(4)30)26-23(34-24)25-15(3)29)22(31)27(21)12-17-7-8-19(32-5)20(11-17)33-6/h7-11H,12H2,1-6H3,(H,25,26,29)/t24-/m1/s1. The molecule has 1 spiro atoms. The summed E-state index contributed by atoms with van der Waals surface area (Å²) in [6.07, 6.45) is 0. The average Bonchev–Trinajstić information content (AvgIpc) is 3.25. The molecular weight excluding hydrogens is 456 g/mol. The van der Waals surface area contributed by atoms with Crippen LogP contribution in [-0.2, 0) is 25.8 Å². The fraction of sp³-hybridized carbons (Fsp3) is 0.333. The molecule has 1 atom stereocenters. The molecule has 4 rings (SSSR count). The van der Waals surface area contributed by atoms with E-state index in [0.29, 0.717) is 17.1 Å². The van der Waals surface area contributed by atoms with E-state index >= 15 is 0 Å². The summed E-state index contributed by atoms with van der Waals surface area (Å²) in [5.74, 6) is 0.0962. The molecule has 178 valence electrons. The van der Waals surface area contributed by atoms with Crippen LogP contribution in [0.2, 0.25) is 0 Å². The summed E-state index contributed by atoms with van der Waals surface area (Å²) in [4.78, 5) is 38.8. The number of fused-ring (bicyclic) bond motifs is 2. The predicted octanol–water partition coefficient (Wildman–Crippen LogP) is 3.02. The fourth-order valence-electron chi connectivity index (χ4n) is 4.45. The first kappa shape index (κ1) is 23.6. The Morgan fingerprint density at radius 1 is 1.09 bits per heavy atom. The van der Waals surface area contributed by atoms with Gasteiger partial charge in [-0.25, -0.2) is 0 Å². The molecule has 0 unspecified atom stereocenters. The lowest BCUT2D eigenvalue weighted by atomic mass is 10.0. The van der Waals surface area contributed by atoms with E-state index < -0.39 is 10.8 Å². The van der Waals surface area contributed by atoms with Gasteiger partial charge >= 0.3 is 0 Å². The fourth-order valence-corrected chi connectivity index (χ4v) is 5.77. The number of anilines is 1. The van der Waals surface area contributed by atoms with Crippen LogP contribution in [0.1, 0.15) is 36.1 Å². The lowest BCUT2D eigenvalue weighted by Crippen LogP contribution is -2.48. The van der Waals surface area contributed by atoms with E-state index in [1.807, 2.05) is 38.1 Å². The number of methoxy groups -OCH3 is 2. The van der Waals surface area contributed by atoms with Crippen molar-refractivity contribution >= 4 is 40.3 Å². The Morgan fingerprint density at radius 3 is 2.41 bits per heavy atom. The molecule has 2 heterocycles. The second kappa shape index (κ2) is 8.68. The second-order valence-electron chi connectivity index (χ2n) is 8.22. The number of carbonyl (C=O) groups excluding carboxylic acids is 3. The normalized spacial score (nSPS) is 18.8. The molecule has 2 aromatic rings. The van der Waals surface area contributed by atoms with Gasteiger partial charge in [-0.05, 0) is 48.9 Å². The topological polar surface area (TPSA) is 101 Å². The molecule has 2 aliphatic rings. The molecule has 0 bridgehead atoms. The summed E-state index contributed by atoms with van der Waals surface area (Å²) in [7, 11) is 3.12. The second-order valence-corrected chi connectivity index (χ2v) is 9.40. The third kappa shape index (κ3) is 3.67. The van der Waals surface area contributed by atoms with Gasteiger partial charge in [0.2, 0.25) is 16.7 Å². The highest BCUT2D eigenvalue weighted by Crippen LogP contribution is 2.56. The van der Waals surface area contributed by atoms with Crippen molar-refractivity contribution in [3.63, 3.8) is 0 Å². The molecule has 0 fully saturated rings. The minimum atomic E-state index is -1.44. The Balaban J connectivity index is 1.84. The molecule has 2 aromatic carbocycles. The van der Waals surface area contributed by atoms with Crippen LogP contribution in [0.5, 0.6) is 11.5 Å². The Hall–Kier alpha value is -3.53. The van der Waals surface area contributed by atoms with Gasteiger partial charge in [-0.15, -0.1) is 5.10 Å². The molecule has 34 heavy (non-hydrogen) atoms. The molecule has 1 N–H and O–H groups in total. The first-order valence-corrected chi connectivity index (χ1v) is 11.4. The highest BCUT2D eigenvalue weighted by atomic mass is 32.2. The lowest BCUT2D eigenvalue weighted by molar-refractivity contribution is -0.139. The number of ether oxygens (including phenoxy) is 2. The lowest BCUT2D eigenvalue weighted by Gasteiger charge is -2.29. The van der Waals surface area contributed by atoms with Gasteiger partial charge < -0.3 is 19.7 Å². The van der Waals surface area contributed by atoms with E-state index in [4.69, 9.17) is 9.47 Å². The number of amidine groups is 1. The molecule has 2 aliphatic heterocycles. The summed E-state index contributed by atoms with van der Waals surface area (Å²) < 4.78 is 10.8. The summed E-state index contributed by atoms with van der Waals surface area (Å²) in [5.41, 5.74) is 4.07. The van der Waals surface area contributed by atoms with Crippen molar-refractivity contribution in [2.24, 2.45) is 5.10 Å². The summed E-state index contributed by atoms with van der Waals surface area (Å²) in [6, 6.07) is 9.39. The van der Waals surface area contributed by atoms with Crippen molar-refractivity contribution in [1.82, 2.24) is 10.3 Å². The van der Waals surface area contributed by atoms with Crippen LogP contribution in [0.3, 0.4) is 0 Å². The number of rotatable bonds is 4. The molecule has 0 radical (unpaired) electrons. The predicted molar refractivity (Wildman–Crippen MR) is 130 cm³/mol. The van der Waals surface area contributed by atoms with Gasteiger partial charge in [0.25, 0.3) is 5.91 Å². The van der Waals surface area contributed by atoms with Gasteiger partial charge in [0, 0.05) is 19.4 Å². The summed E-state index contributed by atoms with van der Waals surface area (Å²) >= 11 is 1.07. The van der Waals surface area contributed by atoms with Crippen LogP contribution in [-0.4, -0.2) is 42.1 Å². The molecule has 10 heteroatoms. The smallest absolute Gasteiger partial charge is 0.271 e. The maximum Gasteiger partial charge on any atom is 0.271 e. The molecule has 0 saturated heterocycles. The van der Waals surface area contributed by atoms with Crippen molar-refractivity contribution in [2.75, 3.05) is 19.1 Å². The van der Waals surface area contributed by atoms with Crippen LogP contribution in [0.25, 0.3) is 0 Å². The highest BCUT2D eigenvalue weighted by molar-refractivity contribution is 8.15. The SMILES string of the molecule is COc1ccc(CN2C(=O)[C@]3(SC(NC(C)=O)=NN3C(C)=O)c3cc(C)cc(C)c32)cc1OC. The average molecular weight is 483 g/mol. The minimum Gasteiger partial charge on any atom is -0.493 e. The summed E-state index contributed by atoms with van der Waals surface area (Å²) in [5, 5.41) is 8.32. The van der Waals surface area contributed by atoms with Crippen molar-refractivity contribution in [3.8, 4) is 11.5 Å². The first-order valence-electron chi connectivity index (χ1n) is 10.6. The van der Waals surface area contributed by atoms with Gasteiger partial charge in [-0.3, -0.25) is 14.4 Å². The highest BCUT2D eigenvalue weighted by Gasteiger charge is 2.61. The maximum absolute atomic E-state index is 14.1. The van der Waals surface area contributed by atoms with E-state index in [2.05, 4.69) is 10.4 Å². The molecular formula is C24H26N4O5S. The first-order chi connectivity index (χ1) is 16.1. The van der Waals surface area contributed by atoms with Crippen molar-refractivity contribution in [1.29, 1.82) is 0 Å². The number of hydrazone groups is 1. The number of aryl methyl sites for hydroxylation is 2. The van der Waals surface area contributed by atoms with Crippen LogP contribution in [0.15, 0.2) is 35.4 Å². The summed E-state index contributed by atoms with van der Waals surface area (Å²) in [6.45, 7) is 6.84. The van der Waals surface area contributed by atoms with Crippen molar-refractivity contribution in [2.45, 2.75) is 39.1 Å². The Kier molecular flexibility index (Phi) is 6.03. The Morgan fingerprint density at radius 2 is 1.79 bits per heavy atom. The van der Waals surface area contributed by atoms with Crippen molar-refractivity contribution < 1.29 is 23.9 Å². The van der Waals surface area contributed by atoms with Crippen LogP contribution >= 0.6 is 11.8 Å². The van der Waals surface area contributed by atoms with Gasteiger partial charge in [0.1, 0.15) is 0 Å². The quantitative estimate of drug-likeness (QED) is 0.719. The van der Waals surface area contributed by atoms with Gasteiger partial charge in [-0.2, -0.15) is 5.01 Å². The molecule has 9 nitrogen and oxygen atoms in total. The third-order valence-electron chi connectivity index (χ3n) is 5.72. The number of nitrogens with one attached hydrogen (secondary N) is 1. The van der Waals surface area contributed by atoms with Crippen molar-refractivity contribution in [3.05, 3.63) is 52.6 Å². The number of benzene rings is 2. The number of thioether (sulfide) groups is 1. The third-order valence-corrected chi connectivity index (χ3v) is 6.96. The number of carbonyl (C=O) groups is 3. The van der Waals surface area contributed by atoms with Gasteiger partial charge in [-0.1, -0.05) is 23.8 Å². The zero-order valence-corrected chi connectivity index (χ0v) is 20.7. The molecule has 0 aliphatic carbocycles. The monoisotopic (exact) mass is 482 g/mol. The van der Waals surface area contributed by atoms with E-state index in [9.17, 15) is 14.4 Å².